The molecule has 2 heterocycles. The van der Waals surface area contributed by atoms with E-state index in [2.05, 4.69) is 47.0 Å². The molecule has 1 N–H and O–H groups in total. The first-order valence-corrected chi connectivity index (χ1v) is 6.85. The minimum atomic E-state index is 0.553. The second-order valence-electron chi connectivity index (χ2n) is 5.28. The van der Waals surface area contributed by atoms with Gasteiger partial charge in [-0.3, -0.25) is 0 Å². The number of hydrogen-bond donors (Lipinski definition) is 1. The lowest BCUT2D eigenvalue weighted by Crippen LogP contribution is -2.26. The third-order valence-electron chi connectivity index (χ3n) is 3.47. The maximum Gasteiger partial charge on any atom is 0.0361 e. The van der Waals surface area contributed by atoms with Crippen molar-refractivity contribution in [3.8, 4) is 0 Å². The molecule has 1 aromatic heterocycles. The SMILES string of the molecule is CC(C)NCc1cccn1CCN1CCCC1. The van der Waals surface area contributed by atoms with Crippen LogP contribution in [0.15, 0.2) is 18.3 Å². The molecule has 2 rings (SSSR count). The molecule has 0 amide bonds. The van der Waals surface area contributed by atoms with Gasteiger partial charge in [-0.15, -0.1) is 0 Å². The Morgan fingerprint density at radius 2 is 2.00 bits per heavy atom. The Kier molecular flexibility index (Phi) is 4.63. The van der Waals surface area contributed by atoms with E-state index in [4.69, 9.17) is 0 Å². The van der Waals surface area contributed by atoms with Crippen molar-refractivity contribution in [1.29, 1.82) is 0 Å². The summed E-state index contributed by atoms with van der Waals surface area (Å²) in [6.45, 7) is 10.3. The second kappa shape index (κ2) is 6.22. The van der Waals surface area contributed by atoms with Gasteiger partial charge in [0.2, 0.25) is 0 Å². The fourth-order valence-electron chi connectivity index (χ4n) is 2.39. The zero-order valence-corrected chi connectivity index (χ0v) is 11.2. The topological polar surface area (TPSA) is 20.2 Å². The third kappa shape index (κ3) is 3.86. The number of likely N-dealkylation sites (tertiary alicyclic amines) is 1. The lowest BCUT2D eigenvalue weighted by atomic mass is 10.3. The van der Waals surface area contributed by atoms with Crippen LogP contribution in [0.25, 0.3) is 0 Å². The molecule has 0 bridgehead atoms. The van der Waals surface area contributed by atoms with Crippen LogP contribution < -0.4 is 5.32 Å². The summed E-state index contributed by atoms with van der Waals surface area (Å²) in [5.41, 5.74) is 1.40. The smallest absolute Gasteiger partial charge is 0.0361 e. The van der Waals surface area contributed by atoms with Gasteiger partial charge in [-0.2, -0.15) is 0 Å². The Bertz CT molecular complexity index is 324. The lowest BCUT2D eigenvalue weighted by Gasteiger charge is -2.17. The summed E-state index contributed by atoms with van der Waals surface area (Å²) in [6.07, 6.45) is 4.97. The molecule has 1 aliphatic heterocycles. The maximum absolute atomic E-state index is 3.48. The molecule has 0 aliphatic carbocycles. The van der Waals surface area contributed by atoms with Crippen LogP contribution >= 0.6 is 0 Å². The number of hydrogen-bond acceptors (Lipinski definition) is 2. The highest BCUT2D eigenvalue weighted by atomic mass is 15.2. The highest BCUT2D eigenvalue weighted by Crippen LogP contribution is 2.08. The number of nitrogens with zero attached hydrogens (tertiary/aromatic N) is 2. The second-order valence-corrected chi connectivity index (χ2v) is 5.28. The molecule has 0 atom stereocenters. The number of aromatic nitrogens is 1. The largest absolute Gasteiger partial charge is 0.349 e. The lowest BCUT2D eigenvalue weighted by molar-refractivity contribution is 0.320. The van der Waals surface area contributed by atoms with E-state index in [1.165, 1.54) is 38.2 Å². The Hall–Kier alpha value is -0.800. The van der Waals surface area contributed by atoms with Crippen molar-refractivity contribution in [1.82, 2.24) is 14.8 Å². The van der Waals surface area contributed by atoms with Crippen molar-refractivity contribution >= 4 is 0 Å². The molecule has 0 radical (unpaired) electrons. The zero-order valence-electron chi connectivity index (χ0n) is 11.2. The van der Waals surface area contributed by atoms with Gasteiger partial charge in [0.25, 0.3) is 0 Å². The minimum Gasteiger partial charge on any atom is -0.349 e. The van der Waals surface area contributed by atoms with E-state index >= 15 is 0 Å². The number of nitrogens with one attached hydrogen (secondary N) is 1. The number of rotatable bonds is 6. The summed E-state index contributed by atoms with van der Waals surface area (Å²) in [5.74, 6) is 0. The zero-order chi connectivity index (χ0) is 12.1. The predicted molar refractivity (Wildman–Crippen MR) is 72.1 cm³/mol. The van der Waals surface area contributed by atoms with Gasteiger partial charge in [0.05, 0.1) is 0 Å². The predicted octanol–water partition coefficient (Wildman–Crippen LogP) is 2.08. The molecule has 0 spiro atoms. The van der Waals surface area contributed by atoms with Crippen molar-refractivity contribution in [3.05, 3.63) is 24.0 Å². The quantitative estimate of drug-likeness (QED) is 0.814. The molecule has 3 nitrogen and oxygen atoms in total. The van der Waals surface area contributed by atoms with E-state index in [9.17, 15) is 0 Å². The van der Waals surface area contributed by atoms with Crippen molar-refractivity contribution in [2.24, 2.45) is 0 Å². The van der Waals surface area contributed by atoms with Crippen LogP contribution in [0.4, 0.5) is 0 Å². The molecule has 0 aromatic carbocycles. The van der Waals surface area contributed by atoms with Crippen molar-refractivity contribution in [2.75, 3.05) is 19.6 Å². The molecule has 96 valence electrons. The molecule has 17 heavy (non-hydrogen) atoms. The highest BCUT2D eigenvalue weighted by molar-refractivity contribution is 5.07. The van der Waals surface area contributed by atoms with E-state index in [1.807, 2.05) is 0 Å². The van der Waals surface area contributed by atoms with Crippen LogP contribution in [0.5, 0.6) is 0 Å². The van der Waals surface area contributed by atoms with Crippen LogP contribution in [0.3, 0.4) is 0 Å². The normalized spacial score (nSPS) is 17.1. The Balaban J connectivity index is 1.80. The van der Waals surface area contributed by atoms with Crippen molar-refractivity contribution < 1.29 is 0 Å². The highest BCUT2D eigenvalue weighted by Gasteiger charge is 2.11. The molecule has 1 saturated heterocycles. The Labute approximate surface area is 105 Å². The minimum absolute atomic E-state index is 0.553. The van der Waals surface area contributed by atoms with Crippen molar-refractivity contribution in [3.63, 3.8) is 0 Å². The van der Waals surface area contributed by atoms with Gasteiger partial charge in [0.15, 0.2) is 0 Å². The van der Waals surface area contributed by atoms with Gasteiger partial charge in [-0.1, -0.05) is 13.8 Å². The van der Waals surface area contributed by atoms with Crippen LogP contribution in [0.1, 0.15) is 32.4 Å². The first-order chi connectivity index (χ1) is 8.25. The van der Waals surface area contributed by atoms with Gasteiger partial charge in [-0.25, -0.2) is 0 Å². The van der Waals surface area contributed by atoms with Crippen LogP contribution in [-0.2, 0) is 13.1 Å². The van der Waals surface area contributed by atoms with Gasteiger partial charge >= 0.3 is 0 Å². The van der Waals surface area contributed by atoms with Crippen LogP contribution in [-0.4, -0.2) is 35.1 Å². The molecule has 0 saturated carbocycles. The van der Waals surface area contributed by atoms with Crippen LogP contribution in [0.2, 0.25) is 0 Å². The molecule has 1 aromatic rings. The van der Waals surface area contributed by atoms with Gasteiger partial charge in [0, 0.05) is 37.6 Å². The average Bonchev–Trinajstić information content (AvgIpc) is 2.95. The maximum atomic E-state index is 3.48. The van der Waals surface area contributed by atoms with Gasteiger partial charge in [0.1, 0.15) is 0 Å². The summed E-state index contributed by atoms with van der Waals surface area (Å²) in [5, 5.41) is 3.48. The molecular weight excluding hydrogens is 210 g/mol. The molecule has 1 fully saturated rings. The molecule has 1 aliphatic rings. The fourth-order valence-corrected chi connectivity index (χ4v) is 2.39. The molecular formula is C14H25N3. The van der Waals surface area contributed by atoms with Crippen molar-refractivity contribution in [2.45, 2.75) is 45.8 Å². The average molecular weight is 235 g/mol. The standard InChI is InChI=1S/C14H25N3/c1-13(2)15-12-14-6-5-9-17(14)11-10-16-7-3-4-8-16/h5-6,9,13,15H,3-4,7-8,10-12H2,1-2H3. The summed E-state index contributed by atoms with van der Waals surface area (Å²) in [7, 11) is 0. The molecule has 0 unspecified atom stereocenters. The Morgan fingerprint density at radius 1 is 1.24 bits per heavy atom. The summed E-state index contributed by atoms with van der Waals surface area (Å²) in [4.78, 5) is 2.57. The van der Waals surface area contributed by atoms with Gasteiger partial charge < -0.3 is 14.8 Å². The van der Waals surface area contributed by atoms with E-state index in [-0.39, 0.29) is 0 Å². The summed E-state index contributed by atoms with van der Waals surface area (Å²) in [6, 6.07) is 4.93. The Morgan fingerprint density at radius 3 is 2.71 bits per heavy atom. The molecule has 3 heteroatoms. The van der Waals surface area contributed by atoms with E-state index in [0.717, 1.165) is 13.1 Å². The first kappa shape index (κ1) is 12.7. The van der Waals surface area contributed by atoms with Crippen LogP contribution in [0, 0.1) is 0 Å². The third-order valence-corrected chi connectivity index (χ3v) is 3.47. The van der Waals surface area contributed by atoms with E-state index < -0.39 is 0 Å². The monoisotopic (exact) mass is 235 g/mol. The van der Waals surface area contributed by atoms with E-state index in [0.29, 0.717) is 6.04 Å². The fraction of sp³-hybridized carbons (Fsp3) is 0.714. The summed E-state index contributed by atoms with van der Waals surface area (Å²) < 4.78 is 2.38. The van der Waals surface area contributed by atoms with Gasteiger partial charge in [-0.05, 0) is 38.1 Å². The first-order valence-electron chi connectivity index (χ1n) is 6.85. The van der Waals surface area contributed by atoms with E-state index in [1.54, 1.807) is 0 Å². The summed E-state index contributed by atoms with van der Waals surface area (Å²) >= 11 is 0.